The number of aromatic nitrogens is 2. The molecule has 0 saturated heterocycles. The Balaban J connectivity index is 2.64. The fraction of sp³-hybridized carbons (Fsp3) is 0.0833. The Kier molecular flexibility index (Phi) is 3.06. The van der Waals surface area contributed by atoms with E-state index in [2.05, 4.69) is 9.97 Å². The summed E-state index contributed by atoms with van der Waals surface area (Å²) in [5, 5.41) is 9.47. The van der Waals surface area contributed by atoms with Crippen molar-refractivity contribution in [2.45, 2.75) is 6.92 Å². The number of carbonyl (C=O) groups is 1. The van der Waals surface area contributed by atoms with Crippen molar-refractivity contribution >= 4 is 17.6 Å². The van der Waals surface area contributed by atoms with Crippen LogP contribution in [0.3, 0.4) is 0 Å². The molecule has 0 saturated carbocycles. The molecule has 2 aromatic heterocycles. The molecule has 0 bridgehead atoms. The molecule has 0 radical (unpaired) electrons. The van der Waals surface area contributed by atoms with Crippen molar-refractivity contribution in [2.24, 2.45) is 0 Å². The van der Waals surface area contributed by atoms with Crippen molar-refractivity contribution in [3.05, 3.63) is 47.0 Å². The van der Waals surface area contributed by atoms with Gasteiger partial charge in [0.05, 0.1) is 5.56 Å². The zero-order chi connectivity index (χ0) is 12.4. The highest BCUT2D eigenvalue weighted by Gasteiger charge is 2.13. The molecule has 0 aliphatic heterocycles. The van der Waals surface area contributed by atoms with Crippen LogP contribution in [0.1, 0.15) is 16.1 Å². The van der Waals surface area contributed by atoms with Crippen LogP contribution in [0, 0.1) is 6.92 Å². The zero-order valence-corrected chi connectivity index (χ0v) is 9.77. The fourth-order valence-corrected chi connectivity index (χ4v) is 1.80. The molecule has 0 unspecified atom stereocenters. The van der Waals surface area contributed by atoms with Crippen molar-refractivity contribution in [3.63, 3.8) is 0 Å². The Labute approximate surface area is 103 Å². The number of rotatable bonds is 2. The van der Waals surface area contributed by atoms with Gasteiger partial charge in [-0.25, -0.2) is 9.78 Å². The minimum atomic E-state index is -1.01. The fourth-order valence-electron chi connectivity index (χ4n) is 1.61. The predicted molar refractivity (Wildman–Crippen MR) is 64.2 cm³/mol. The lowest BCUT2D eigenvalue weighted by molar-refractivity contribution is 0.0697. The molecular formula is C12H9ClN2O2. The van der Waals surface area contributed by atoms with Crippen LogP contribution < -0.4 is 0 Å². The van der Waals surface area contributed by atoms with Gasteiger partial charge in [-0.2, -0.15) is 0 Å². The summed E-state index contributed by atoms with van der Waals surface area (Å²) in [4.78, 5) is 19.0. The highest BCUT2D eigenvalue weighted by Crippen LogP contribution is 2.26. The van der Waals surface area contributed by atoms with Crippen LogP contribution in [-0.4, -0.2) is 21.0 Å². The molecule has 0 amide bonds. The maximum atomic E-state index is 11.1. The lowest BCUT2D eigenvalue weighted by Crippen LogP contribution is -2.01. The number of aryl methyl sites for hydroxylation is 1. The molecule has 0 aliphatic rings. The van der Waals surface area contributed by atoms with Gasteiger partial charge in [-0.15, -0.1) is 0 Å². The van der Waals surface area contributed by atoms with Crippen LogP contribution in [0.15, 0.2) is 30.6 Å². The smallest absolute Gasteiger partial charge is 0.337 e. The SMILES string of the molecule is Cc1nc(Cl)ccc1-c1ccncc1C(=O)O. The summed E-state index contributed by atoms with van der Waals surface area (Å²) in [5.41, 5.74) is 2.18. The van der Waals surface area contributed by atoms with E-state index < -0.39 is 5.97 Å². The average Bonchev–Trinajstić information content (AvgIpc) is 2.29. The molecule has 0 aromatic carbocycles. The van der Waals surface area contributed by atoms with E-state index in [0.29, 0.717) is 16.4 Å². The van der Waals surface area contributed by atoms with Crippen molar-refractivity contribution in [3.8, 4) is 11.1 Å². The minimum absolute atomic E-state index is 0.153. The summed E-state index contributed by atoms with van der Waals surface area (Å²) in [6.07, 6.45) is 2.88. The van der Waals surface area contributed by atoms with Crippen molar-refractivity contribution < 1.29 is 9.90 Å². The second-order valence-electron chi connectivity index (χ2n) is 3.49. The van der Waals surface area contributed by atoms with E-state index in [-0.39, 0.29) is 5.56 Å². The Morgan fingerprint density at radius 2 is 2.06 bits per heavy atom. The summed E-state index contributed by atoms with van der Waals surface area (Å²) in [5.74, 6) is -1.01. The van der Waals surface area contributed by atoms with Crippen molar-refractivity contribution in [1.82, 2.24) is 9.97 Å². The molecule has 1 N–H and O–H groups in total. The molecule has 17 heavy (non-hydrogen) atoms. The lowest BCUT2D eigenvalue weighted by atomic mass is 10.0. The number of carboxylic acids is 1. The quantitative estimate of drug-likeness (QED) is 0.830. The number of nitrogens with zero attached hydrogens (tertiary/aromatic N) is 2. The lowest BCUT2D eigenvalue weighted by Gasteiger charge is -2.08. The Morgan fingerprint density at radius 3 is 2.71 bits per heavy atom. The molecular weight excluding hydrogens is 240 g/mol. The van der Waals surface area contributed by atoms with Crippen LogP contribution in [0.5, 0.6) is 0 Å². The minimum Gasteiger partial charge on any atom is -0.478 e. The Hall–Kier alpha value is -1.94. The van der Waals surface area contributed by atoms with Crippen LogP contribution in [0.2, 0.25) is 5.15 Å². The first kappa shape index (κ1) is 11.5. The molecule has 0 fully saturated rings. The molecule has 0 aliphatic carbocycles. The van der Waals surface area contributed by atoms with Crippen LogP contribution >= 0.6 is 11.6 Å². The van der Waals surface area contributed by atoms with Gasteiger partial charge in [-0.05, 0) is 25.1 Å². The van der Waals surface area contributed by atoms with Gasteiger partial charge in [0.2, 0.25) is 0 Å². The maximum Gasteiger partial charge on any atom is 0.337 e. The summed E-state index contributed by atoms with van der Waals surface area (Å²) >= 11 is 5.77. The summed E-state index contributed by atoms with van der Waals surface area (Å²) in [7, 11) is 0. The largest absolute Gasteiger partial charge is 0.478 e. The molecule has 4 nitrogen and oxygen atoms in total. The summed E-state index contributed by atoms with van der Waals surface area (Å²) in [6, 6.07) is 5.05. The predicted octanol–water partition coefficient (Wildman–Crippen LogP) is 2.80. The third-order valence-electron chi connectivity index (χ3n) is 2.39. The van der Waals surface area contributed by atoms with Gasteiger partial charge in [-0.3, -0.25) is 4.98 Å². The Bertz CT molecular complexity index is 584. The maximum absolute atomic E-state index is 11.1. The van der Waals surface area contributed by atoms with E-state index >= 15 is 0 Å². The molecule has 86 valence electrons. The monoisotopic (exact) mass is 248 g/mol. The van der Waals surface area contributed by atoms with Gasteiger partial charge in [0.25, 0.3) is 0 Å². The number of hydrogen-bond acceptors (Lipinski definition) is 3. The number of aromatic carboxylic acids is 1. The van der Waals surface area contributed by atoms with E-state index in [0.717, 1.165) is 5.56 Å². The molecule has 0 atom stereocenters. The normalized spacial score (nSPS) is 10.2. The standard InChI is InChI=1S/C12H9ClN2O2/c1-7-8(2-3-11(13)15-7)9-4-5-14-6-10(9)12(16)17/h2-6H,1H3,(H,16,17). The van der Waals surface area contributed by atoms with Crippen LogP contribution in [0.4, 0.5) is 0 Å². The third kappa shape index (κ3) is 2.26. The molecule has 5 heteroatoms. The molecule has 2 aromatic rings. The second-order valence-corrected chi connectivity index (χ2v) is 3.88. The summed E-state index contributed by atoms with van der Waals surface area (Å²) in [6.45, 7) is 1.78. The van der Waals surface area contributed by atoms with E-state index in [1.807, 2.05) is 0 Å². The van der Waals surface area contributed by atoms with Crippen molar-refractivity contribution in [1.29, 1.82) is 0 Å². The third-order valence-corrected chi connectivity index (χ3v) is 2.60. The van der Waals surface area contributed by atoms with Gasteiger partial charge in [-0.1, -0.05) is 11.6 Å². The summed E-state index contributed by atoms with van der Waals surface area (Å²) < 4.78 is 0. The average molecular weight is 249 g/mol. The number of halogens is 1. The van der Waals surface area contributed by atoms with E-state index in [4.69, 9.17) is 16.7 Å². The number of carboxylic acid groups (broad SMARTS) is 1. The highest BCUT2D eigenvalue weighted by atomic mass is 35.5. The second kappa shape index (κ2) is 4.51. The van der Waals surface area contributed by atoms with E-state index in [1.54, 1.807) is 31.3 Å². The topological polar surface area (TPSA) is 63.1 Å². The van der Waals surface area contributed by atoms with Crippen molar-refractivity contribution in [2.75, 3.05) is 0 Å². The van der Waals surface area contributed by atoms with Crippen LogP contribution in [-0.2, 0) is 0 Å². The first-order chi connectivity index (χ1) is 8.09. The van der Waals surface area contributed by atoms with E-state index in [9.17, 15) is 4.79 Å². The first-order valence-corrected chi connectivity index (χ1v) is 5.28. The molecule has 2 rings (SSSR count). The number of pyridine rings is 2. The number of hydrogen-bond donors (Lipinski definition) is 1. The zero-order valence-electron chi connectivity index (χ0n) is 9.01. The molecule has 0 spiro atoms. The van der Waals surface area contributed by atoms with Gasteiger partial charge >= 0.3 is 5.97 Å². The van der Waals surface area contributed by atoms with Gasteiger partial charge in [0, 0.05) is 29.2 Å². The Morgan fingerprint density at radius 1 is 1.29 bits per heavy atom. The van der Waals surface area contributed by atoms with Gasteiger partial charge < -0.3 is 5.11 Å². The van der Waals surface area contributed by atoms with Crippen LogP contribution in [0.25, 0.3) is 11.1 Å². The van der Waals surface area contributed by atoms with Gasteiger partial charge in [0.15, 0.2) is 0 Å². The first-order valence-electron chi connectivity index (χ1n) is 4.90. The highest BCUT2D eigenvalue weighted by molar-refractivity contribution is 6.29. The molecule has 2 heterocycles. The van der Waals surface area contributed by atoms with Gasteiger partial charge in [0.1, 0.15) is 5.15 Å². The van der Waals surface area contributed by atoms with E-state index in [1.165, 1.54) is 6.20 Å².